The summed E-state index contributed by atoms with van der Waals surface area (Å²) in [4.78, 5) is 24.7. The minimum Gasteiger partial charge on any atom is -0.460 e. The molecule has 0 spiro atoms. The number of nitrogens with one attached hydrogen (secondary N) is 1. The van der Waals surface area contributed by atoms with E-state index in [1.165, 1.54) is 19.1 Å². The van der Waals surface area contributed by atoms with Crippen LogP contribution in [-0.2, 0) is 27.5 Å². The predicted molar refractivity (Wildman–Crippen MR) is 114 cm³/mol. The quantitative estimate of drug-likeness (QED) is 0.585. The fourth-order valence-electron chi connectivity index (χ4n) is 3.36. The van der Waals surface area contributed by atoms with Crippen LogP contribution in [0.25, 0.3) is 0 Å². The number of amides is 1. The van der Waals surface area contributed by atoms with Crippen LogP contribution < -0.4 is 10.1 Å². The molecule has 0 saturated carbocycles. The van der Waals surface area contributed by atoms with Gasteiger partial charge < -0.3 is 19.5 Å². The van der Waals surface area contributed by atoms with Crippen LogP contribution in [0.1, 0.15) is 40.3 Å². The van der Waals surface area contributed by atoms with Crippen molar-refractivity contribution < 1.29 is 28.2 Å². The molecule has 1 aliphatic rings. The van der Waals surface area contributed by atoms with Crippen molar-refractivity contribution in [2.75, 3.05) is 0 Å². The Morgan fingerprint density at radius 1 is 1.09 bits per heavy atom. The van der Waals surface area contributed by atoms with Crippen molar-refractivity contribution in [3.05, 3.63) is 101 Å². The zero-order chi connectivity index (χ0) is 22.5. The molecule has 1 heterocycles. The molecule has 32 heavy (non-hydrogen) atoms. The first-order valence-electron chi connectivity index (χ1n) is 10.2. The number of carbonyl (C=O) groups is 2. The molecule has 0 unspecified atom stereocenters. The maximum atomic E-state index is 14.1. The summed E-state index contributed by atoms with van der Waals surface area (Å²) in [5.41, 5.74) is 2.18. The fraction of sp³-hybridized carbons (Fsp3) is 0.200. The number of rotatable bonds is 6. The van der Waals surface area contributed by atoms with Crippen LogP contribution in [0, 0.1) is 5.82 Å². The van der Waals surface area contributed by atoms with E-state index in [2.05, 4.69) is 5.32 Å². The molecule has 1 N–H and O–H groups in total. The molecule has 0 bridgehead atoms. The van der Waals surface area contributed by atoms with E-state index in [4.69, 9.17) is 14.2 Å². The first-order valence-corrected chi connectivity index (χ1v) is 10.2. The molecule has 3 aromatic rings. The number of carbonyl (C=O) groups excluding carboxylic acids is 2. The summed E-state index contributed by atoms with van der Waals surface area (Å²) in [6, 6.07) is 19.7. The molecule has 4 rings (SSSR count). The Labute approximate surface area is 184 Å². The third-order valence-electron chi connectivity index (χ3n) is 5.00. The molecule has 1 amide bonds. The summed E-state index contributed by atoms with van der Waals surface area (Å²) in [5.74, 6) is -1.07. The summed E-state index contributed by atoms with van der Waals surface area (Å²) in [5, 5.41) is 2.60. The lowest BCUT2D eigenvalue weighted by atomic mass is 10.1. The molecule has 0 aliphatic carbocycles. The molecule has 164 valence electrons. The number of esters is 1. The molecule has 3 aromatic carbocycles. The van der Waals surface area contributed by atoms with Crippen molar-refractivity contribution in [1.29, 1.82) is 0 Å². The second kappa shape index (κ2) is 9.62. The molecule has 0 aromatic heterocycles. The molecule has 0 fully saturated rings. The van der Waals surface area contributed by atoms with E-state index in [1.807, 2.05) is 30.3 Å². The van der Waals surface area contributed by atoms with Gasteiger partial charge in [0.05, 0.1) is 6.61 Å². The first kappa shape index (κ1) is 21.5. The van der Waals surface area contributed by atoms with Crippen LogP contribution in [0.15, 0.2) is 72.8 Å². The molecule has 7 heteroatoms. The van der Waals surface area contributed by atoms with Crippen LogP contribution >= 0.6 is 0 Å². The van der Waals surface area contributed by atoms with Crippen LogP contribution in [-0.4, -0.2) is 17.9 Å². The van der Waals surface area contributed by atoms with E-state index < -0.39 is 24.1 Å². The molecular formula is C25H22FNO5. The SMILES string of the molecule is C[C@H](NC(=O)c1ccccc1)C(=O)OCc1cc(F)cc2c1O[C@@H](c1ccccc1)OC2. The Morgan fingerprint density at radius 2 is 1.78 bits per heavy atom. The smallest absolute Gasteiger partial charge is 0.328 e. The lowest BCUT2D eigenvalue weighted by Gasteiger charge is -2.28. The van der Waals surface area contributed by atoms with Gasteiger partial charge in [-0.05, 0) is 31.2 Å². The topological polar surface area (TPSA) is 73.9 Å². The van der Waals surface area contributed by atoms with E-state index >= 15 is 0 Å². The highest BCUT2D eigenvalue weighted by atomic mass is 19.1. The minimum atomic E-state index is -0.881. The summed E-state index contributed by atoms with van der Waals surface area (Å²) >= 11 is 0. The number of ether oxygens (including phenoxy) is 3. The summed E-state index contributed by atoms with van der Waals surface area (Å²) in [6.45, 7) is 1.49. The summed E-state index contributed by atoms with van der Waals surface area (Å²) in [7, 11) is 0. The van der Waals surface area contributed by atoms with Crippen molar-refractivity contribution in [3.63, 3.8) is 0 Å². The summed E-state index contributed by atoms with van der Waals surface area (Å²) < 4.78 is 31.1. The van der Waals surface area contributed by atoms with E-state index in [-0.39, 0.29) is 19.1 Å². The second-order valence-electron chi connectivity index (χ2n) is 7.39. The van der Waals surface area contributed by atoms with Gasteiger partial charge in [0, 0.05) is 22.3 Å². The fourth-order valence-corrected chi connectivity index (χ4v) is 3.36. The molecular weight excluding hydrogens is 413 g/mol. The molecule has 2 atom stereocenters. The maximum Gasteiger partial charge on any atom is 0.328 e. The van der Waals surface area contributed by atoms with E-state index in [1.54, 1.807) is 30.3 Å². The van der Waals surface area contributed by atoms with Gasteiger partial charge in [0.15, 0.2) is 0 Å². The lowest BCUT2D eigenvalue weighted by molar-refractivity contribution is -0.147. The Bertz CT molecular complexity index is 1100. The normalized spacial score (nSPS) is 15.8. The minimum absolute atomic E-state index is 0.164. The molecule has 1 aliphatic heterocycles. The number of hydrogen-bond acceptors (Lipinski definition) is 5. The predicted octanol–water partition coefficient (Wildman–Crippen LogP) is 4.30. The first-order chi connectivity index (χ1) is 15.5. The van der Waals surface area contributed by atoms with Crippen molar-refractivity contribution >= 4 is 11.9 Å². The Balaban J connectivity index is 1.43. The van der Waals surface area contributed by atoms with Gasteiger partial charge in [-0.15, -0.1) is 0 Å². The standard InChI is InChI=1S/C25H22FNO5/c1-16(27-23(28)17-8-4-2-5-9-17)24(29)30-14-19-12-21(26)13-20-15-31-25(32-22(19)20)18-10-6-3-7-11-18/h2-13,16,25H,14-15H2,1H3,(H,27,28)/t16-,25-/m0/s1. The van der Waals surface area contributed by atoms with Crippen molar-refractivity contribution in [1.82, 2.24) is 5.32 Å². The van der Waals surface area contributed by atoms with Crippen LogP contribution in [0.5, 0.6) is 5.75 Å². The monoisotopic (exact) mass is 435 g/mol. The molecule has 0 saturated heterocycles. The maximum absolute atomic E-state index is 14.1. The molecule has 6 nitrogen and oxygen atoms in total. The number of hydrogen-bond donors (Lipinski definition) is 1. The van der Waals surface area contributed by atoms with Crippen molar-refractivity contribution in [2.45, 2.75) is 32.5 Å². The van der Waals surface area contributed by atoms with Gasteiger partial charge in [-0.1, -0.05) is 48.5 Å². The third kappa shape index (κ3) is 4.95. The van der Waals surface area contributed by atoms with Gasteiger partial charge in [0.25, 0.3) is 5.91 Å². The third-order valence-corrected chi connectivity index (χ3v) is 5.00. The number of fused-ring (bicyclic) bond motifs is 1. The van der Waals surface area contributed by atoms with Gasteiger partial charge in [-0.3, -0.25) is 4.79 Å². The average Bonchev–Trinajstić information content (AvgIpc) is 2.83. The molecule has 0 radical (unpaired) electrons. The number of halogens is 1. The highest BCUT2D eigenvalue weighted by Crippen LogP contribution is 2.36. The Morgan fingerprint density at radius 3 is 2.50 bits per heavy atom. The van der Waals surface area contributed by atoms with E-state index in [9.17, 15) is 14.0 Å². The largest absolute Gasteiger partial charge is 0.460 e. The zero-order valence-electron chi connectivity index (χ0n) is 17.4. The highest BCUT2D eigenvalue weighted by molar-refractivity contribution is 5.96. The Kier molecular flexibility index (Phi) is 6.47. The van der Waals surface area contributed by atoms with E-state index in [0.717, 1.165) is 5.56 Å². The van der Waals surface area contributed by atoms with Gasteiger partial charge in [-0.25, -0.2) is 9.18 Å². The van der Waals surface area contributed by atoms with E-state index in [0.29, 0.717) is 22.4 Å². The van der Waals surface area contributed by atoms with Gasteiger partial charge >= 0.3 is 5.97 Å². The van der Waals surface area contributed by atoms with Crippen molar-refractivity contribution in [2.24, 2.45) is 0 Å². The summed E-state index contributed by atoms with van der Waals surface area (Å²) in [6.07, 6.45) is -0.646. The van der Waals surface area contributed by atoms with Gasteiger partial charge in [-0.2, -0.15) is 0 Å². The number of benzene rings is 3. The van der Waals surface area contributed by atoms with Crippen LogP contribution in [0.2, 0.25) is 0 Å². The zero-order valence-corrected chi connectivity index (χ0v) is 17.4. The van der Waals surface area contributed by atoms with Gasteiger partial charge in [0.1, 0.15) is 24.2 Å². The van der Waals surface area contributed by atoms with Crippen LogP contribution in [0.3, 0.4) is 0 Å². The average molecular weight is 435 g/mol. The van der Waals surface area contributed by atoms with Crippen molar-refractivity contribution in [3.8, 4) is 5.75 Å². The highest BCUT2D eigenvalue weighted by Gasteiger charge is 2.26. The lowest BCUT2D eigenvalue weighted by Crippen LogP contribution is -2.39. The Hall–Kier alpha value is -3.71. The van der Waals surface area contributed by atoms with Crippen LogP contribution in [0.4, 0.5) is 4.39 Å². The second-order valence-corrected chi connectivity index (χ2v) is 7.39. The van der Waals surface area contributed by atoms with Gasteiger partial charge in [0.2, 0.25) is 6.29 Å².